The maximum atomic E-state index is 6.44. The SMILES string of the molecule is COc1ccc([C@H]2Oc3ccccc3[C@H]3CC(c4ccccc4Cl)=NN32)cc1. The molecular formula is C23H19ClN2O2. The molecule has 0 aliphatic carbocycles. The standard InChI is InChI=1S/C23H19ClN2O2/c1-27-16-12-10-15(11-13-16)23-26-21(18-7-3-5-9-22(18)28-23)14-20(25-26)17-6-2-4-8-19(17)24/h2-13,21,23H,14H2,1H3/t21-,23-/m1/s1. The summed E-state index contributed by atoms with van der Waals surface area (Å²) >= 11 is 6.44. The molecule has 3 aromatic carbocycles. The van der Waals surface area contributed by atoms with Gasteiger partial charge in [0.05, 0.1) is 18.9 Å². The highest BCUT2D eigenvalue weighted by atomic mass is 35.5. The molecule has 0 unspecified atom stereocenters. The Balaban J connectivity index is 1.59. The van der Waals surface area contributed by atoms with E-state index in [-0.39, 0.29) is 12.3 Å². The molecule has 5 rings (SSSR count). The van der Waals surface area contributed by atoms with E-state index in [0.717, 1.165) is 45.3 Å². The van der Waals surface area contributed by atoms with Gasteiger partial charge in [0.25, 0.3) is 0 Å². The second-order valence-corrected chi connectivity index (χ2v) is 7.31. The monoisotopic (exact) mass is 390 g/mol. The Kier molecular flexibility index (Phi) is 4.21. The van der Waals surface area contributed by atoms with Crippen molar-refractivity contribution < 1.29 is 9.47 Å². The fourth-order valence-corrected chi connectivity index (χ4v) is 4.13. The number of halogens is 1. The van der Waals surface area contributed by atoms with Crippen molar-refractivity contribution >= 4 is 17.3 Å². The molecule has 0 bridgehead atoms. The van der Waals surface area contributed by atoms with Crippen molar-refractivity contribution in [2.45, 2.75) is 18.7 Å². The van der Waals surface area contributed by atoms with E-state index >= 15 is 0 Å². The Morgan fingerprint density at radius 1 is 1.00 bits per heavy atom. The number of nitrogens with zero attached hydrogens (tertiary/aromatic N) is 2. The van der Waals surface area contributed by atoms with Crippen molar-refractivity contribution in [1.29, 1.82) is 0 Å². The van der Waals surface area contributed by atoms with Crippen LogP contribution in [0, 0.1) is 0 Å². The van der Waals surface area contributed by atoms with Gasteiger partial charge in [0, 0.05) is 28.1 Å². The van der Waals surface area contributed by atoms with Crippen LogP contribution in [0.25, 0.3) is 0 Å². The number of hydrazone groups is 1. The first-order chi connectivity index (χ1) is 13.7. The van der Waals surface area contributed by atoms with Crippen LogP contribution in [-0.4, -0.2) is 17.8 Å². The number of hydrogen-bond acceptors (Lipinski definition) is 4. The highest BCUT2D eigenvalue weighted by molar-refractivity contribution is 6.34. The molecule has 0 saturated heterocycles. The van der Waals surface area contributed by atoms with Crippen molar-refractivity contribution in [1.82, 2.24) is 5.01 Å². The van der Waals surface area contributed by atoms with Crippen molar-refractivity contribution in [3.05, 3.63) is 94.5 Å². The van der Waals surface area contributed by atoms with Crippen LogP contribution in [0.5, 0.6) is 11.5 Å². The van der Waals surface area contributed by atoms with E-state index in [1.165, 1.54) is 0 Å². The van der Waals surface area contributed by atoms with Crippen LogP contribution in [0.1, 0.15) is 35.4 Å². The quantitative estimate of drug-likeness (QED) is 0.584. The number of benzene rings is 3. The third-order valence-corrected chi connectivity index (χ3v) is 5.61. The molecule has 5 heteroatoms. The lowest BCUT2D eigenvalue weighted by Gasteiger charge is -2.38. The molecular weight excluding hydrogens is 372 g/mol. The van der Waals surface area contributed by atoms with Gasteiger partial charge in [-0.15, -0.1) is 0 Å². The molecule has 0 saturated carbocycles. The lowest BCUT2D eigenvalue weighted by Crippen LogP contribution is -2.33. The molecule has 4 nitrogen and oxygen atoms in total. The maximum absolute atomic E-state index is 6.44. The summed E-state index contributed by atoms with van der Waals surface area (Å²) in [6.45, 7) is 0. The average molecular weight is 391 g/mol. The van der Waals surface area contributed by atoms with Crippen LogP contribution in [-0.2, 0) is 0 Å². The number of ether oxygens (including phenoxy) is 2. The molecule has 0 radical (unpaired) electrons. The van der Waals surface area contributed by atoms with Crippen molar-refractivity contribution in [2.24, 2.45) is 5.10 Å². The molecule has 140 valence electrons. The van der Waals surface area contributed by atoms with Crippen LogP contribution in [0.15, 0.2) is 77.9 Å². The summed E-state index contributed by atoms with van der Waals surface area (Å²) in [5, 5.41) is 7.73. The van der Waals surface area contributed by atoms with Crippen molar-refractivity contribution in [3.63, 3.8) is 0 Å². The summed E-state index contributed by atoms with van der Waals surface area (Å²) in [5.41, 5.74) is 4.14. The normalized spacial score (nSPS) is 20.1. The molecule has 2 aliphatic heterocycles. The maximum Gasteiger partial charge on any atom is 0.213 e. The summed E-state index contributed by atoms with van der Waals surface area (Å²) in [6.07, 6.45) is 0.488. The molecule has 2 atom stereocenters. The molecule has 0 fully saturated rings. The van der Waals surface area contributed by atoms with Gasteiger partial charge in [-0.05, 0) is 36.4 Å². The molecule has 0 aromatic heterocycles. The van der Waals surface area contributed by atoms with E-state index in [1.54, 1.807) is 7.11 Å². The highest BCUT2D eigenvalue weighted by Crippen LogP contribution is 2.47. The zero-order valence-corrected chi connectivity index (χ0v) is 16.1. The fraction of sp³-hybridized carbons (Fsp3) is 0.174. The number of para-hydroxylation sites is 1. The molecule has 2 aliphatic rings. The van der Waals surface area contributed by atoms with Crippen molar-refractivity contribution in [3.8, 4) is 11.5 Å². The molecule has 3 aromatic rings. The Hall–Kier alpha value is -2.98. The van der Waals surface area contributed by atoms with E-state index < -0.39 is 0 Å². The first-order valence-electron chi connectivity index (χ1n) is 9.25. The molecule has 0 N–H and O–H groups in total. The summed E-state index contributed by atoms with van der Waals surface area (Å²) < 4.78 is 11.7. The average Bonchev–Trinajstić information content (AvgIpc) is 3.19. The second-order valence-electron chi connectivity index (χ2n) is 6.91. The van der Waals surface area contributed by atoms with Gasteiger partial charge in [0.15, 0.2) is 0 Å². The van der Waals surface area contributed by atoms with Gasteiger partial charge in [-0.3, -0.25) is 0 Å². The van der Waals surface area contributed by atoms with Gasteiger partial charge in [0.1, 0.15) is 11.5 Å². The van der Waals surface area contributed by atoms with Crippen LogP contribution < -0.4 is 9.47 Å². The van der Waals surface area contributed by atoms with E-state index in [1.807, 2.05) is 66.7 Å². The van der Waals surface area contributed by atoms with E-state index in [2.05, 4.69) is 11.1 Å². The Morgan fingerprint density at radius 2 is 1.75 bits per heavy atom. The minimum absolute atomic E-state index is 0.114. The van der Waals surface area contributed by atoms with Crippen molar-refractivity contribution in [2.75, 3.05) is 7.11 Å². The zero-order chi connectivity index (χ0) is 19.1. The third kappa shape index (κ3) is 2.81. The van der Waals surface area contributed by atoms with E-state index in [9.17, 15) is 0 Å². The minimum Gasteiger partial charge on any atom is -0.497 e. The van der Waals surface area contributed by atoms with Gasteiger partial charge in [-0.25, -0.2) is 5.01 Å². The highest BCUT2D eigenvalue weighted by Gasteiger charge is 2.41. The Bertz CT molecular complexity index is 1050. The van der Waals surface area contributed by atoms with Gasteiger partial charge in [-0.1, -0.05) is 48.0 Å². The van der Waals surface area contributed by atoms with Gasteiger partial charge in [0.2, 0.25) is 6.23 Å². The van der Waals surface area contributed by atoms with E-state index in [0.29, 0.717) is 0 Å². The summed E-state index contributed by atoms with van der Waals surface area (Å²) in [4.78, 5) is 0. The lowest BCUT2D eigenvalue weighted by molar-refractivity contribution is -0.0190. The minimum atomic E-state index is -0.300. The van der Waals surface area contributed by atoms with Crippen LogP contribution in [0.3, 0.4) is 0 Å². The van der Waals surface area contributed by atoms with Crippen LogP contribution in [0.4, 0.5) is 0 Å². The van der Waals surface area contributed by atoms with Gasteiger partial charge in [-0.2, -0.15) is 5.10 Å². The second kappa shape index (κ2) is 6.88. The summed E-state index contributed by atoms with van der Waals surface area (Å²) in [5.74, 6) is 1.72. The number of hydrogen-bond donors (Lipinski definition) is 0. The molecule has 2 heterocycles. The topological polar surface area (TPSA) is 34.1 Å². The molecule has 0 amide bonds. The number of fused-ring (bicyclic) bond motifs is 3. The first kappa shape index (κ1) is 17.1. The van der Waals surface area contributed by atoms with Gasteiger partial charge >= 0.3 is 0 Å². The number of rotatable bonds is 3. The van der Waals surface area contributed by atoms with E-state index in [4.69, 9.17) is 26.2 Å². The largest absolute Gasteiger partial charge is 0.497 e. The zero-order valence-electron chi connectivity index (χ0n) is 15.4. The summed E-state index contributed by atoms with van der Waals surface area (Å²) in [7, 11) is 1.67. The smallest absolute Gasteiger partial charge is 0.213 e. The van der Waals surface area contributed by atoms with Gasteiger partial charge < -0.3 is 9.47 Å². The molecule has 0 spiro atoms. The molecule has 28 heavy (non-hydrogen) atoms. The lowest BCUT2D eigenvalue weighted by atomic mass is 9.96. The Morgan fingerprint density at radius 3 is 2.54 bits per heavy atom. The predicted molar refractivity (Wildman–Crippen MR) is 110 cm³/mol. The predicted octanol–water partition coefficient (Wildman–Crippen LogP) is 5.59. The fourth-order valence-electron chi connectivity index (χ4n) is 3.88. The number of methoxy groups -OCH3 is 1. The van der Waals surface area contributed by atoms with Crippen LogP contribution in [0.2, 0.25) is 5.02 Å². The Labute approximate surface area is 169 Å². The summed E-state index contributed by atoms with van der Waals surface area (Å²) in [6, 6.07) is 24.1. The first-order valence-corrected chi connectivity index (χ1v) is 9.62. The third-order valence-electron chi connectivity index (χ3n) is 5.28. The van der Waals surface area contributed by atoms with Crippen LogP contribution >= 0.6 is 11.6 Å².